The van der Waals surface area contributed by atoms with Gasteiger partial charge in [-0.25, -0.2) is 13.8 Å². The van der Waals surface area contributed by atoms with Crippen LogP contribution in [0.15, 0.2) is 22.8 Å². The Kier molecular flexibility index (Phi) is 3.32. The van der Waals surface area contributed by atoms with E-state index in [1.54, 1.807) is 0 Å². The Hall–Kier alpha value is -0.850. The van der Waals surface area contributed by atoms with Gasteiger partial charge in [0.1, 0.15) is 21.2 Å². The molecule has 2 aromatic rings. The molecule has 0 saturated carbocycles. The van der Waals surface area contributed by atoms with Crippen LogP contribution >= 0.6 is 27.3 Å². The summed E-state index contributed by atoms with van der Waals surface area (Å²) < 4.78 is 27.0. The molecule has 0 aliphatic carbocycles. The molecule has 6 heteroatoms. The Bertz CT molecular complexity index is 528. The molecule has 84 valence electrons. The highest BCUT2D eigenvalue weighted by molar-refractivity contribution is 9.10. The third-order valence-electron chi connectivity index (χ3n) is 1.98. The van der Waals surface area contributed by atoms with E-state index in [1.165, 1.54) is 11.3 Å². The van der Waals surface area contributed by atoms with E-state index in [9.17, 15) is 8.78 Å². The molecule has 0 amide bonds. The summed E-state index contributed by atoms with van der Waals surface area (Å²) in [6.45, 7) is 0.278. The van der Waals surface area contributed by atoms with Crippen molar-refractivity contribution >= 4 is 27.3 Å². The van der Waals surface area contributed by atoms with Gasteiger partial charge in [-0.05, 0) is 34.1 Å². The smallest absolute Gasteiger partial charge is 0.132 e. The molecule has 0 aliphatic heterocycles. The molecule has 2 N–H and O–H groups in total. The summed E-state index contributed by atoms with van der Waals surface area (Å²) in [6.07, 6.45) is 0. The van der Waals surface area contributed by atoms with Crippen molar-refractivity contribution in [3.8, 4) is 10.4 Å². The van der Waals surface area contributed by atoms with Crippen LogP contribution in [0.1, 0.15) is 5.01 Å². The minimum absolute atomic E-state index is 0.198. The number of halogens is 3. The number of thiazole rings is 1. The van der Waals surface area contributed by atoms with E-state index >= 15 is 0 Å². The van der Waals surface area contributed by atoms with E-state index in [2.05, 4.69) is 20.9 Å². The maximum absolute atomic E-state index is 13.5. The average molecular weight is 305 g/mol. The minimum atomic E-state index is -0.481. The molecule has 0 aliphatic rings. The van der Waals surface area contributed by atoms with Crippen molar-refractivity contribution < 1.29 is 8.78 Å². The summed E-state index contributed by atoms with van der Waals surface area (Å²) in [5, 5.41) is 0.672. The van der Waals surface area contributed by atoms with E-state index in [0.29, 0.717) is 14.5 Å². The molecule has 0 saturated heterocycles. The number of aromatic nitrogens is 1. The normalized spacial score (nSPS) is 10.8. The van der Waals surface area contributed by atoms with Crippen molar-refractivity contribution in [2.45, 2.75) is 6.54 Å². The summed E-state index contributed by atoms with van der Waals surface area (Å²) in [6, 6.07) is 3.32. The Morgan fingerprint density at radius 3 is 2.75 bits per heavy atom. The van der Waals surface area contributed by atoms with Crippen LogP contribution in [0.5, 0.6) is 0 Å². The molecule has 0 bridgehead atoms. The fraction of sp³-hybridized carbons (Fsp3) is 0.100. The highest BCUT2D eigenvalue weighted by atomic mass is 79.9. The second kappa shape index (κ2) is 4.57. The standard InChI is InChI=1S/C10H7BrF2N2S/c11-10-9(16-8(4-14)15-10)6-3-5(12)1-2-7(6)13/h1-3H,4,14H2. The molecule has 1 aromatic heterocycles. The molecular formula is C10H7BrF2N2S. The van der Waals surface area contributed by atoms with Gasteiger partial charge in [0.05, 0.1) is 4.88 Å². The second-order valence-corrected chi connectivity index (χ2v) is 4.89. The van der Waals surface area contributed by atoms with Gasteiger partial charge in [0.15, 0.2) is 0 Å². The zero-order valence-electron chi connectivity index (χ0n) is 8.01. The SMILES string of the molecule is NCc1nc(Br)c(-c2cc(F)ccc2F)s1. The fourth-order valence-corrected chi connectivity index (χ4v) is 2.91. The molecule has 0 radical (unpaired) electrons. The lowest BCUT2D eigenvalue weighted by molar-refractivity contribution is 0.603. The largest absolute Gasteiger partial charge is 0.325 e. The minimum Gasteiger partial charge on any atom is -0.325 e. The van der Waals surface area contributed by atoms with Crippen molar-refractivity contribution in [3.63, 3.8) is 0 Å². The Labute approximate surface area is 103 Å². The topological polar surface area (TPSA) is 38.9 Å². The zero-order chi connectivity index (χ0) is 11.7. The molecule has 2 nitrogen and oxygen atoms in total. The lowest BCUT2D eigenvalue weighted by Crippen LogP contribution is -1.93. The van der Waals surface area contributed by atoms with Gasteiger partial charge >= 0.3 is 0 Å². The molecule has 0 spiro atoms. The number of nitrogens with two attached hydrogens (primary N) is 1. The van der Waals surface area contributed by atoms with E-state index in [0.717, 1.165) is 18.2 Å². The van der Waals surface area contributed by atoms with Crippen LogP contribution in [-0.4, -0.2) is 4.98 Å². The van der Waals surface area contributed by atoms with Crippen molar-refractivity contribution in [1.82, 2.24) is 4.98 Å². The van der Waals surface area contributed by atoms with Gasteiger partial charge in [-0.2, -0.15) is 0 Å². The maximum atomic E-state index is 13.5. The van der Waals surface area contributed by atoms with Gasteiger partial charge < -0.3 is 5.73 Å². The molecule has 1 heterocycles. The Morgan fingerprint density at radius 1 is 1.38 bits per heavy atom. The number of rotatable bonds is 2. The second-order valence-electron chi connectivity index (χ2n) is 3.06. The first-order valence-corrected chi connectivity index (χ1v) is 6.03. The van der Waals surface area contributed by atoms with Gasteiger partial charge in [-0.1, -0.05) is 0 Å². The molecule has 0 atom stereocenters. The quantitative estimate of drug-likeness (QED) is 0.924. The summed E-state index contributed by atoms with van der Waals surface area (Å²) >= 11 is 4.45. The highest BCUT2D eigenvalue weighted by Gasteiger charge is 2.14. The van der Waals surface area contributed by atoms with Crippen LogP contribution in [0, 0.1) is 11.6 Å². The summed E-state index contributed by atoms with van der Waals surface area (Å²) in [4.78, 5) is 4.65. The monoisotopic (exact) mass is 304 g/mol. The number of benzene rings is 1. The molecule has 0 unspecified atom stereocenters. The summed E-state index contributed by atoms with van der Waals surface area (Å²) in [7, 11) is 0. The molecule has 2 rings (SSSR count). The van der Waals surface area contributed by atoms with Gasteiger partial charge in [-0.15, -0.1) is 11.3 Å². The van der Waals surface area contributed by atoms with Crippen LogP contribution in [0.3, 0.4) is 0 Å². The summed E-state index contributed by atoms with van der Waals surface area (Å²) in [5.41, 5.74) is 5.64. The van der Waals surface area contributed by atoms with E-state index < -0.39 is 11.6 Å². The predicted molar refractivity (Wildman–Crippen MR) is 63.1 cm³/mol. The molecular weight excluding hydrogens is 298 g/mol. The average Bonchev–Trinajstić information content (AvgIpc) is 2.63. The van der Waals surface area contributed by atoms with Crippen LogP contribution in [0.4, 0.5) is 8.78 Å². The fourth-order valence-electron chi connectivity index (χ4n) is 1.27. The van der Waals surface area contributed by atoms with Gasteiger partial charge in [0, 0.05) is 12.1 Å². The number of nitrogens with zero attached hydrogens (tertiary/aromatic N) is 1. The third-order valence-corrected chi connectivity index (χ3v) is 3.92. The Morgan fingerprint density at radius 2 is 2.12 bits per heavy atom. The van der Waals surface area contributed by atoms with E-state index in [-0.39, 0.29) is 12.1 Å². The molecule has 0 fully saturated rings. The first kappa shape index (κ1) is 11.6. The van der Waals surface area contributed by atoms with E-state index in [4.69, 9.17) is 5.73 Å². The highest BCUT2D eigenvalue weighted by Crippen LogP contribution is 2.35. The first-order chi connectivity index (χ1) is 7.61. The molecule has 1 aromatic carbocycles. The zero-order valence-corrected chi connectivity index (χ0v) is 10.4. The van der Waals surface area contributed by atoms with Crippen LogP contribution in [-0.2, 0) is 6.54 Å². The first-order valence-electron chi connectivity index (χ1n) is 4.42. The van der Waals surface area contributed by atoms with Crippen molar-refractivity contribution in [2.24, 2.45) is 5.73 Å². The predicted octanol–water partition coefficient (Wildman–Crippen LogP) is 3.31. The molecule has 16 heavy (non-hydrogen) atoms. The van der Waals surface area contributed by atoms with Crippen LogP contribution < -0.4 is 5.73 Å². The van der Waals surface area contributed by atoms with E-state index in [1.807, 2.05) is 0 Å². The van der Waals surface area contributed by atoms with Gasteiger partial charge in [0.25, 0.3) is 0 Å². The van der Waals surface area contributed by atoms with Crippen molar-refractivity contribution in [3.05, 3.63) is 39.4 Å². The lowest BCUT2D eigenvalue weighted by Gasteiger charge is -2.00. The lowest BCUT2D eigenvalue weighted by atomic mass is 10.2. The van der Waals surface area contributed by atoms with Gasteiger partial charge in [0.2, 0.25) is 0 Å². The van der Waals surface area contributed by atoms with Crippen molar-refractivity contribution in [2.75, 3.05) is 0 Å². The number of hydrogen-bond acceptors (Lipinski definition) is 3. The van der Waals surface area contributed by atoms with Crippen molar-refractivity contribution in [1.29, 1.82) is 0 Å². The van der Waals surface area contributed by atoms with Gasteiger partial charge in [-0.3, -0.25) is 0 Å². The van der Waals surface area contributed by atoms with Crippen LogP contribution in [0.2, 0.25) is 0 Å². The third kappa shape index (κ3) is 2.14. The van der Waals surface area contributed by atoms with Crippen LogP contribution in [0.25, 0.3) is 10.4 Å². The number of hydrogen-bond donors (Lipinski definition) is 1. The Balaban J connectivity index is 2.57. The maximum Gasteiger partial charge on any atom is 0.132 e. The summed E-state index contributed by atoms with van der Waals surface area (Å²) in [5.74, 6) is -0.958.